The number of nitrogens with one attached hydrogen (secondary N) is 1. The molecule has 0 aliphatic heterocycles. The van der Waals surface area contributed by atoms with Crippen molar-refractivity contribution in [2.24, 2.45) is 5.92 Å². The molecule has 4 nitrogen and oxygen atoms in total. The summed E-state index contributed by atoms with van der Waals surface area (Å²) in [5.74, 6) is 0.966. The van der Waals surface area contributed by atoms with Crippen molar-refractivity contribution >= 4 is 5.91 Å². The predicted octanol–water partition coefficient (Wildman–Crippen LogP) is 3.00. The van der Waals surface area contributed by atoms with Gasteiger partial charge in [0.25, 0.3) is 5.91 Å². The van der Waals surface area contributed by atoms with Crippen molar-refractivity contribution in [1.82, 2.24) is 5.32 Å². The lowest BCUT2D eigenvalue weighted by atomic mass is 9.94. The van der Waals surface area contributed by atoms with Crippen molar-refractivity contribution < 1.29 is 14.6 Å². The zero-order valence-corrected chi connectivity index (χ0v) is 13.5. The van der Waals surface area contributed by atoms with Crippen LogP contribution in [0.5, 0.6) is 5.75 Å². The molecule has 0 aromatic heterocycles. The lowest BCUT2D eigenvalue weighted by Crippen LogP contribution is -2.41. The summed E-state index contributed by atoms with van der Waals surface area (Å²) in [6.45, 7) is 8.80. The number of aliphatic hydroxyl groups is 1. The Kier molecular flexibility index (Phi) is 6.69. The Morgan fingerprint density at radius 1 is 1.33 bits per heavy atom. The SMILES string of the molecule is CCCOc1ccc(C(=O)NCC(C)(O)CC(C)C)cc1. The molecule has 0 radical (unpaired) electrons. The molecule has 0 saturated heterocycles. The topological polar surface area (TPSA) is 58.6 Å². The third kappa shape index (κ3) is 6.63. The molecule has 1 atom stereocenters. The van der Waals surface area contributed by atoms with Gasteiger partial charge in [0, 0.05) is 12.1 Å². The Bertz CT molecular complexity index is 438. The van der Waals surface area contributed by atoms with E-state index in [9.17, 15) is 9.90 Å². The van der Waals surface area contributed by atoms with E-state index in [1.54, 1.807) is 31.2 Å². The summed E-state index contributed by atoms with van der Waals surface area (Å²) in [4.78, 5) is 12.0. The summed E-state index contributed by atoms with van der Waals surface area (Å²) in [6, 6.07) is 7.04. The molecular formula is C17H27NO3. The highest BCUT2D eigenvalue weighted by molar-refractivity contribution is 5.94. The van der Waals surface area contributed by atoms with Gasteiger partial charge in [0.1, 0.15) is 5.75 Å². The number of rotatable bonds is 8. The Morgan fingerprint density at radius 3 is 2.48 bits per heavy atom. The highest BCUT2D eigenvalue weighted by Gasteiger charge is 2.22. The van der Waals surface area contributed by atoms with Crippen LogP contribution in [0.25, 0.3) is 0 Å². The normalized spacial score (nSPS) is 13.8. The quantitative estimate of drug-likeness (QED) is 0.774. The number of ether oxygens (including phenoxy) is 1. The largest absolute Gasteiger partial charge is 0.494 e. The molecule has 0 fully saturated rings. The summed E-state index contributed by atoms with van der Waals surface area (Å²) >= 11 is 0. The van der Waals surface area contributed by atoms with E-state index in [1.165, 1.54) is 0 Å². The van der Waals surface area contributed by atoms with Crippen LogP contribution < -0.4 is 10.1 Å². The van der Waals surface area contributed by atoms with Gasteiger partial charge in [-0.05, 0) is 49.9 Å². The maximum absolute atomic E-state index is 12.0. The molecule has 118 valence electrons. The van der Waals surface area contributed by atoms with Crippen LogP contribution in [0, 0.1) is 5.92 Å². The molecule has 1 unspecified atom stereocenters. The fourth-order valence-corrected chi connectivity index (χ4v) is 2.25. The number of amides is 1. The monoisotopic (exact) mass is 293 g/mol. The maximum atomic E-state index is 12.0. The lowest BCUT2D eigenvalue weighted by Gasteiger charge is -2.25. The molecule has 21 heavy (non-hydrogen) atoms. The third-order valence-corrected chi connectivity index (χ3v) is 3.07. The van der Waals surface area contributed by atoms with E-state index in [1.807, 2.05) is 20.8 Å². The zero-order valence-electron chi connectivity index (χ0n) is 13.5. The molecule has 1 rings (SSSR count). The summed E-state index contributed by atoms with van der Waals surface area (Å²) in [5, 5.41) is 13.0. The van der Waals surface area contributed by atoms with E-state index >= 15 is 0 Å². The van der Waals surface area contributed by atoms with Gasteiger partial charge >= 0.3 is 0 Å². The van der Waals surface area contributed by atoms with Gasteiger partial charge in [-0.25, -0.2) is 0 Å². The first kappa shape index (κ1) is 17.5. The number of carbonyl (C=O) groups is 1. The van der Waals surface area contributed by atoms with Gasteiger partial charge in [-0.1, -0.05) is 20.8 Å². The first-order valence-electron chi connectivity index (χ1n) is 7.57. The van der Waals surface area contributed by atoms with Gasteiger partial charge in [0.2, 0.25) is 0 Å². The molecule has 4 heteroatoms. The second-order valence-corrected chi connectivity index (χ2v) is 6.15. The van der Waals surface area contributed by atoms with Crippen LogP contribution in [0.4, 0.5) is 0 Å². The van der Waals surface area contributed by atoms with Crippen LogP contribution in [0.2, 0.25) is 0 Å². The van der Waals surface area contributed by atoms with Crippen LogP contribution >= 0.6 is 0 Å². The van der Waals surface area contributed by atoms with Gasteiger partial charge in [0.05, 0.1) is 12.2 Å². The standard InChI is InChI=1S/C17H27NO3/c1-5-10-21-15-8-6-14(7-9-15)16(19)18-12-17(4,20)11-13(2)3/h6-9,13,20H,5,10-12H2,1-4H3,(H,18,19). The summed E-state index contributed by atoms with van der Waals surface area (Å²) in [6.07, 6.45) is 1.60. The van der Waals surface area contributed by atoms with Crippen molar-refractivity contribution in [3.8, 4) is 5.75 Å². The van der Waals surface area contributed by atoms with Gasteiger partial charge in [0.15, 0.2) is 0 Å². The molecule has 0 spiro atoms. The Morgan fingerprint density at radius 2 is 1.95 bits per heavy atom. The minimum absolute atomic E-state index is 0.180. The van der Waals surface area contributed by atoms with Gasteiger partial charge in [-0.15, -0.1) is 0 Å². The first-order valence-corrected chi connectivity index (χ1v) is 7.57. The predicted molar refractivity (Wildman–Crippen MR) is 84.6 cm³/mol. The molecule has 1 aromatic rings. The highest BCUT2D eigenvalue weighted by Crippen LogP contribution is 2.16. The molecular weight excluding hydrogens is 266 g/mol. The maximum Gasteiger partial charge on any atom is 0.251 e. The number of hydrogen-bond donors (Lipinski definition) is 2. The molecule has 0 bridgehead atoms. The van der Waals surface area contributed by atoms with E-state index in [4.69, 9.17) is 4.74 Å². The van der Waals surface area contributed by atoms with E-state index in [2.05, 4.69) is 5.32 Å². The van der Waals surface area contributed by atoms with Gasteiger partial charge in [-0.3, -0.25) is 4.79 Å². The smallest absolute Gasteiger partial charge is 0.251 e. The minimum atomic E-state index is -0.881. The van der Waals surface area contributed by atoms with Crippen molar-refractivity contribution in [3.63, 3.8) is 0 Å². The second kappa shape index (κ2) is 8.03. The average molecular weight is 293 g/mol. The van der Waals surface area contributed by atoms with E-state index in [0.717, 1.165) is 12.2 Å². The van der Waals surface area contributed by atoms with E-state index < -0.39 is 5.60 Å². The zero-order chi connectivity index (χ0) is 15.9. The summed E-state index contributed by atoms with van der Waals surface area (Å²) in [7, 11) is 0. The van der Waals surface area contributed by atoms with Crippen molar-refractivity contribution in [3.05, 3.63) is 29.8 Å². The van der Waals surface area contributed by atoms with Crippen molar-refractivity contribution in [1.29, 1.82) is 0 Å². The van der Waals surface area contributed by atoms with Crippen LogP contribution in [0.3, 0.4) is 0 Å². The molecule has 0 aliphatic carbocycles. The third-order valence-electron chi connectivity index (χ3n) is 3.07. The second-order valence-electron chi connectivity index (χ2n) is 6.15. The Labute approximate surface area is 127 Å². The fraction of sp³-hybridized carbons (Fsp3) is 0.588. The average Bonchev–Trinajstić information content (AvgIpc) is 2.42. The minimum Gasteiger partial charge on any atom is -0.494 e. The Balaban J connectivity index is 2.52. The number of carbonyl (C=O) groups excluding carboxylic acids is 1. The molecule has 1 aromatic carbocycles. The first-order chi connectivity index (χ1) is 9.84. The lowest BCUT2D eigenvalue weighted by molar-refractivity contribution is 0.0368. The number of benzene rings is 1. The van der Waals surface area contributed by atoms with Crippen molar-refractivity contribution in [2.45, 2.75) is 46.1 Å². The van der Waals surface area contributed by atoms with Crippen LogP contribution in [0.1, 0.15) is 50.9 Å². The summed E-state index contributed by atoms with van der Waals surface area (Å²) in [5.41, 5.74) is -0.312. The van der Waals surface area contributed by atoms with Crippen LogP contribution in [0.15, 0.2) is 24.3 Å². The molecule has 0 heterocycles. The van der Waals surface area contributed by atoms with Crippen LogP contribution in [-0.2, 0) is 0 Å². The Hall–Kier alpha value is -1.55. The van der Waals surface area contributed by atoms with Crippen LogP contribution in [-0.4, -0.2) is 29.8 Å². The van der Waals surface area contributed by atoms with E-state index in [-0.39, 0.29) is 12.5 Å². The molecule has 2 N–H and O–H groups in total. The van der Waals surface area contributed by atoms with Gasteiger partial charge < -0.3 is 15.2 Å². The number of hydrogen-bond acceptors (Lipinski definition) is 3. The fourth-order valence-electron chi connectivity index (χ4n) is 2.25. The van der Waals surface area contributed by atoms with E-state index in [0.29, 0.717) is 24.5 Å². The molecule has 0 aliphatic rings. The molecule has 0 saturated carbocycles. The molecule has 1 amide bonds. The van der Waals surface area contributed by atoms with Crippen molar-refractivity contribution in [2.75, 3.05) is 13.2 Å². The van der Waals surface area contributed by atoms with Gasteiger partial charge in [-0.2, -0.15) is 0 Å². The summed E-state index contributed by atoms with van der Waals surface area (Å²) < 4.78 is 5.48. The highest BCUT2D eigenvalue weighted by atomic mass is 16.5.